The lowest BCUT2D eigenvalue weighted by Gasteiger charge is -2.19. The van der Waals surface area contributed by atoms with E-state index in [1.807, 2.05) is 0 Å². The standard InChI is InChI=1S/C37H66NO8P/c1-3-5-7-9-11-13-15-16-17-18-20-21-23-25-27-29-36(39)43-33-35(34-45-47(41,42)44-32-31-38)46-37(40)30-28-26-24-22-19-14-12-10-8-6-4-2/h5,7,11,13,16-17,20-21,35H,3-4,6,8-10,12,14-15,18-19,22-34,38H2,1-2H3,(H,41,42). The fourth-order valence-corrected chi connectivity index (χ4v) is 5.33. The molecule has 0 aliphatic heterocycles. The van der Waals surface area contributed by atoms with Crippen LogP contribution in [0, 0.1) is 0 Å². The fraction of sp³-hybridized carbons (Fsp3) is 0.730. The van der Waals surface area contributed by atoms with Crippen molar-refractivity contribution >= 4 is 19.8 Å². The number of rotatable bonds is 33. The first-order chi connectivity index (χ1) is 22.8. The first-order valence-corrected chi connectivity index (χ1v) is 19.6. The van der Waals surface area contributed by atoms with E-state index in [0.717, 1.165) is 57.8 Å². The highest BCUT2D eigenvalue weighted by Crippen LogP contribution is 2.43. The number of ether oxygens (including phenoxy) is 2. The highest BCUT2D eigenvalue weighted by atomic mass is 31.2. The Balaban J connectivity index is 4.33. The van der Waals surface area contributed by atoms with Crippen molar-refractivity contribution in [3.8, 4) is 0 Å². The number of unbranched alkanes of at least 4 members (excludes halogenated alkanes) is 12. The Morgan fingerprint density at radius 2 is 1.17 bits per heavy atom. The normalized spacial score (nSPS) is 14.0. The van der Waals surface area contributed by atoms with Gasteiger partial charge in [0.1, 0.15) is 6.61 Å². The van der Waals surface area contributed by atoms with Crippen LogP contribution in [0.3, 0.4) is 0 Å². The van der Waals surface area contributed by atoms with Crippen LogP contribution in [0.4, 0.5) is 0 Å². The summed E-state index contributed by atoms with van der Waals surface area (Å²) in [6.45, 7) is 3.53. The van der Waals surface area contributed by atoms with Crippen LogP contribution in [0.1, 0.15) is 142 Å². The van der Waals surface area contributed by atoms with Crippen LogP contribution in [-0.2, 0) is 32.7 Å². The summed E-state index contributed by atoms with van der Waals surface area (Å²) in [5, 5.41) is 0. The third kappa shape index (κ3) is 33.7. The predicted octanol–water partition coefficient (Wildman–Crippen LogP) is 9.60. The summed E-state index contributed by atoms with van der Waals surface area (Å²) in [5.41, 5.74) is 5.32. The second-order valence-electron chi connectivity index (χ2n) is 11.7. The van der Waals surface area contributed by atoms with Crippen LogP contribution in [0.2, 0.25) is 0 Å². The summed E-state index contributed by atoms with van der Waals surface area (Å²) in [7, 11) is -4.38. The van der Waals surface area contributed by atoms with Crippen molar-refractivity contribution in [1.29, 1.82) is 0 Å². The molecule has 0 radical (unpaired) electrons. The lowest BCUT2D eigenvalue weighted by molar-refractivity contribution is -0.161. The summed E-state index contributed by atoms with van der Waals surface area (Å²) in [5.74, 6) is -0.882. The highest BCUT2D eigenvalue weighted by molar-refractivity contribution is 7.47. The van der Waals surface area contributed by atoms with E-state index in [1.54, 1.807) is 0 Å². The average molecular weight is 684 g/mol. The van der Waals surface area contributed by atoms with E-state index >= 15 is 0 Å². The summed E-state index contributed by atoms with van der Waals surface area (Å²) >= 11 is 0. The zero-order valence-corrected chi connectivity index (χ0v) is 30.4. The maximum absolute atomic E-state index is 12.5. The first kappa shape index (κ1) is 45.0. The quantitative estimate of drug-likeness (QED) is 0.0300. The molecule has 0 aliphatic rings. The topological polar surface area (TPSA) is 134 Å². The molecule has 272 valence electrons. The van der Waals surface area contributed by atoms with Crippen molar-refractivity contribution in [1.82, 2.24) is 0 Å². The highest BCUT2D eigenvalue weighted by Gasteiger charge is 2.25. The van der Waals surface area contributed by atoms with Gasteiger partial charge in [-0.1, -0.05) is 127 Å². The van der Waals surface area contributed by atoms with Crippen LogP contribution < -0.4 is 5.73 Å². The van der Waals surface area contributed by atoms with Crippen molar-refractivity contribution in [3.63, 3.8) is 0 Å². The number of allylic oxidation sites excluding steroid dienone is 8. The lowest BCUT2D eigenvalue weighted by Crippen LogP contribution is -2.29. The van der Waals surface area contributed by atoms with Gasteiger partial charge in [0, 0.05) is 19.4 Å². The number of carbonyl (C=O) groups is 2. The molecule has 0 aromatic heterocycles. The van der Waals surface area contributed by atoms with Gasteiger partial charge >= 0.3 is 19.8 Å². The van der Waals surface area contributed by atoms with E-state index in [4.69, 9.17) is 24.3 Å². The maximum Gasteiger partial charge on any atom is 0.472 e. The van der Waals surface area contributed by atoms with E-state index in [0.29, 0.717) is 12.8 Å². The minimum Gasteiger partial charge on any atom is -0.462 e. The van der Waals surface area contributed by atoms with Crippen LogP contribution in [0.25, 0.3) is 0 Å². The van der Waals surface area contributed by atoms with Gasteiger partial charge < -0.3 is 20.1 Å². The number of phosphoric acid groups is 1. The van der Waals surface area contributed by atoms with Crippen LogP contribution in [0.5, 0.6) is 0 Å². The molecule has 0 aromatic carbocycles. The Morgan fingerprint density at radius 3 is 1.74 bits per heavy atom. The number of phosphoric ester groups is 1. The number of nitrogens with two attached hydrogens (primary N) is 1. The Kier molecular flexibility index (Phi) is 32.4. The molecule has 2 atom stereocenters. The van der Waals surface area contributed by atoms with Crippen LogP contribution in [0.15, 0.2) is 48.6 Å². The molecule has 0 aliphatic carbocycles. The van der Waals surface area contributed by atoms with Crippen LogP contribution in [-0.4, -0.2) is 49.3 Å². The number of hydrogen-bond donors (Lipinski definition) is 2. The van der Waals surface area contributed by atoms with E-state index in [9.17, 15) is 19.0 Å². The zero-order chi connectivity index (χ0) is 34.7. The molecule has 0 amide bonds. The fourth-order valence-electron chi connectivity index (χ4n) is 4.56. The molecule has 0 heterocycles. The Hall–Kier alpha value is -2.03. The van der Waals surface area contributed by atoms with Gasteiger partial charge in [0.05, 0.1) is 13.2 Å². The van der Waals surface area contributed by atoms with Gasteiger partial charge in [-0.25, -0.2) is 4.57 Å². The average Bonchev–Trinajstić information content (AvgIpc) is 3.05. The Bertz CT molecular complexity index is 918. The molecule has 0 rings (SSSR count). The van der Waals surface area contributed by atoms with Crippen molar-refractivity contribution in [2.45, 2.75) is 148 Å². The molecule has 2 unspecified atom stereocenters. The molecule has 9 nitrogen and oxygen atoms in total. The number of carbonyl (C=O) groups excluding carboxylic acids is 2. The third-order valence-corrected chi connectivity index (χ3v) is 8.21. The molecule has 47 heavy (non-hydrogen) atoms. The summed E-state index contributed by atoms with van der Waals surface area (Å²) in [6, 6.07) is 0. The van der Waals surface area contributed by atoms with Crippen molar-refractivity contribution in [2.24, 2.45) is 5.73 Å². The number of hydrogen-bond acceptors (Lipinski definition) is 8. The molecule has 0 aromatic rings. The molecular weight excluding hydrogens is 617 g/mol. The smallest absolute Gasteiger partial charge is 0.462 e. The van der Waals surface area contributed by atoms with E-state index in [1.165, 1.54) is 44.9 Å². The SMILES string of the molecule is CCC=CCC=CCC=CCC=CCCCCC(=O)OCC(COP(=O)(O)OCCN)OC(=O)CCCCCCCCCCCCC. The van der Waals surface area contributed by atoms with Crippen molar-refractivity contribution in [2.75, 3.05) is 26.4 Å². The lowest BCUT2D eigenvalue weighted by atomic mass is 10.1. The van der Waals surface area contributed by atoms with E-state index in [2.05, 4.69) is 62.5 Å². The second kappa shape index (κ2) is 33.9. The first-order valence-electron chi connectivity index (χ1n) is 18.1. The summed E-state index contributed by atoms with van der Waals surface area (Å²) in [4.78, 5) is 34.6. The molecule has 10 heteroatoms. The Labute approximate surface area is 286 Å². The van der Waals surface area contributed by atoms with Gasteiger partial charge in [-0.3, -0.25) is 18.6 Å². The van der Waals surface area contributed by atoms with Crippen molar-refractivity contribution < 1.29 is 37.6 Å². The molecule has 3 N–H and O–H groups in total. The monoisotopic (exact) mass is 683 g/mol. The van der Waals surface area contributed by atoms with Gasteiger partial charge in [-0.05, 0) is 51.4 Å². The molecule has 0 spiro atoms. The third-order valence-electron chi connectivity index (χ3n) is 7.23. The summed E-state index contributed by atoms with van der Waals surface area (Å²) in [6.07, 6.45) is 35.7. The molecule has 0 bridgehead atoms. The minimum atomic E-state index is -4.38. The molecule has 0 fully saturated rings. The van der Waals surface area contributed by atoms with Gasteiger partial charge in [-0.2, -0.15) is 0 Å². The van der Waals surface area contributed by atoms with Gasteiger partial charge in [0.2, 0.25) is 0 Å². The predicted molar refractivity (Wildman–Crippen MR) is 192 cm³/mol. The molecular formula is C37H66NO8P. The largest absolute Gasteiger partial charge is 0.472 e. The number of esters is 2. The zero-order valence-electron chi connectivity index (χ0n) is 29.5. The second-order valence-corrected chi connectivity index (χ2v) is 13.2. The molecule has 0 saturated heterocycles. The summed E-state index contributed by atoms with van der Waals surface area (Å²) < 4.78 is 32.5. The van der Waals surface area contributed by atoms with E-state index < -0.39 is 32.5 Å². The molecule has 0 saturated carbocycles. The van der Waals surface area contributed by atoms with Gasteiger partial charge in [-0.15, -0.1) is 0 Å². The van der Waals surface area contributed by atoms with Gasteiger partial charge in [0.15, 0.2) is 6.10 Å². The minimum absolute atomic E-state index is 0.0468. The van der Waals surface area contributed by atoms with Gasteiger partial charge in [0.25, 0.3) is 0 Å². The van der Waals surface area contributed by atoms with Crippen LogP contribution >= 0.6 is 7.82 Å². The maximum atomic E-state index is 12.5. The van der Waals surface area contributed by atoms with Crippen molar-refractivity contribution in [3.05, 3.63) is 48.6 Å². The van der Waals surface area contributed by atoms with E-state index in [-0.39, 0.29) is 32.6 Å². The Morgan fingerprint density at radius 1 is 0.660 bits per heavy atom.